The molecule has 0 spiro atoms. The number of carboxylic acids is 1. The van der Waals surface area contributed by atoms with Gasteiger partial charge in [-0.15, -0.1) is 12.4 Å². The third kappa shape index (κ3) is 8.60. The number of allylic oxidation sites excluding steroid dienone is 4. The van der Waals surface area contributed by atoms with Crippen LogP contribution in [0.1, 0.15) is 81.5 Å². The highest BCUT2D eigenvalue weighted by atomic mass is 35.5. The zero-order valence-electron chi connectivity index (χ0n) is 33.8. The molecule has 4 aliphatic carbocycles. The predicted molar refractivity (Wildman–Crippen MR) is 222 cm³/mol. The Balaban J connectivity index is 0.000000224. The van der Waals surface area contributed by atoms with E-state index in [2.05, 4.69) is 44.1 Å². The van der Waals surface area contributed by atoms with Crippen LogP contribution in [-0.4, -0.2) is 84.0 Å². The van der Waals surface area contributed by atoms with Crippen LogP contribution in [0.2, 0.25) is 0 Å². The first-order valence-electron chi connectivity index (χ1n) is 19.8. The Bertz CT molecular complexity index is 1980. The molecule has 0 saturated heterocycles. The molecular weight excluding hydrogens is 785 g/mol. The standard InChI is InChI=1S/C24H31ClO7.C21H23NO3.ClH/c1-4-30-21(29)32-24(20(28)31-13-25)10-8-17-16-6-5-14-11-15(26)7-9-22(14,2)19(16)18(27)12-23(17,24)3;1-22(2)11-5-8-18-17-7-4-3-6-16(17)14-25-20-10-9-15(12-19(18)20)13-21(23)24;/h7,9,11,16-19,27H,4-6,8,10,12-13H2,1-3H3;3-4,6-10,12H,5,11,13-14H2,1-2H3,(H,23,24);1H/b;18-8-;/t16-,17-,18-,19+,22-,23-,24-;;/m0../s1. The van der Waals surface area contributed by atoms with Gasteiger partial charge in [0.1, 0.15) is 12.4 Å². The van der Waals surface area contributed by atoms with Crippen molar-refractivity contribution in [3.63, 3.8) is 0 Å². The van der Waals surface area contributed by atoms with Crippen LogP contribution in [-0.2, 0) is 41.6 Å². The van der Waals surface area contributed by atoms with E-state index < -0.39 is 40.6 Å². The number of aliphatic carboxylic acids is 1. The van der Waals surface area contributed by atoms with Gasteiger partial charge >= 0.3 is 18.1 Å². The van der Waals surface area contributed by atoms with Gasteiger partial charge in [-0.1, -0.05) is 73.5 Å². The van der Waals surface area contributed by atoms with E-state index in [-0.39, 0.29) is 67.9 Å². The van der Waals surface area contributed by atoms with Gasteiger partial charge in [0, 0.05) is 28.9 Å². The van der Waals surface area contributed by atoms with Crippen molar-refractivity contribution < 1.29 is 48.3 Å². The van der Waals surface area contributed by atoms with Gasteiger partial charge in [-0.25, -0.2) is 9.59 Å². The average Bonchev–Trinajstić information content (AvgIpc) is 3.35. The number of carbonyl (C=O) groups excluding carboxylic acids is 3. The van der Waals surface area contributed by atoms with Crippen molar-refractivity contribution in [1.29, 1.82) is 0 Å². The van der Waals surface area contributed by atoms with E-state index in [1.54, 1.807) is 19.1 Å². The molecule has 0 radical (unpaired) electrons. The maximum Gasteiger partial charge on any atom is 0.509 e. The largest absolute Gasteiger partial charge is 0.509 e. The Morgan fingerprint density at radius 1 is 1.07 bits per heavy atom. The third-order valence-corrected chi connectivity index (χ3v) is 13.1. The number of carboxylic acid groups (broad SMARTS) is 1. The molecule has 2 aromatic carbocycles. The van der Waals surface area contributed by atoms with Crippen molar-refractivity contribution in [3.8, 4) is 5.75 Å². The summed E-state index contributed by atoms with van der Waals surface area (Å²) in [4.78, 5) is 50.7. The molecule has 13 heteroatoms. The molecule has 0 bridgehead atoms. The van der Waals surface area contributed by atoms with Gasteiger partial charge in [-0.3, -0.25) is 9.59 Å². The first kappa shape index (κ1) is 44.9. The van der Waals surface area contributed by atoms with Crippen LogP contribution < -0.4 is 4.74 Å². The number of hydrogen-bond donors (Lipinski definition) is 2. The average molecular weight is 841 g/mol. The molecule has 1 heterocycles. The van der Waals surface area contributed by atoms with Crippen molar-refractivity contribution >= 4 is 53.5 Å². The fraction of sp³-hybridized carbons (Fsp3) is 0.511. The number of rotatable bonds is 9. The molecule has 3 saturated carbocycles. The zero-order valence-corrected chi connectivity index (χ0v) is 35.4. The number of halogens is 2. The Morgan fingerprint density at radius 2 is 1.83 bits per heavy atom. The van der Waals surface area contributed by atoms with E-state index in [0.717, 1.165) is 65.0 Å². The lowest BCUT2D eigenvalue weighted by Crippen LogP contribution is -2.62. The lowest BCUT2D eigenvalue weighted by Gasteiger charge is -2.59. The highest BCUT2D eigenvalue weighted by molar-refractivity contribution is 6.17. The molecule has 0 unspecified atom stereocenters. The molecule has 58 heavy (non-hydrogen) atoms. The molecule has 5 aliphatic rings. The number of fused-ring (bicyclic) bond motifs is 7. The van der Waals surface area contributed by atoms with Crippen molar-refractivity contribution in [3.05, 3.63) is 94.6 Å². The quantitative estimate of drug-likeness (QED) is 0.187. The van der Waals surface area contributed by atoms with E-state index in [1.165, 1.54) is 0 Å². The summed E-state index contributed by atoms with van der Waals surface area (Å²) in [6, 6.07) is 13.6. The maximum atomic E-state index is 13.2. The lowest BCUT2D eigenvalue weighted by atomic mass is 9.46. The van der Waals surface area contributed by atoms with Crippen molar-refractivity contribution in [2.24, 2.45) is 28.6 Å². The van der Waals surface area contributed by atoms with Gasteiger partial charge in [0.2, 0.25) is 5.60 Å². The summed E-state index contributed by atoms with van der Waals surface area (Å²) in [7, 11) is 4.11. The van der Waals surface area contributed by atoms with E-state index in [9.17, 15) is 24.3 Å². The van der Waals surface area contributed by atoms with Gasteiger partial charge in [0.25, 0.3) is 0 Å². The molecule has 2 N–H and O–H groups in total. The van der Waals surface area contributed by atoms with Gasteiger partial charge in [-0.05, 0) is 118 Å². The first-order valence-corrected chi connectivity index (χ1v) is 20.3. The minimum absolute atomic E-state index is 0. The van der Waals surface area contributed by atoms with Crippen molar-refractivity contribution in [2.45, 2.75) is 84.0 Å². The number of hydrogen-bond acceptors (Lipinski definition) is 10. The first-order chi connectivity index (χ1) is 27.2. The van der Waals surface area contributed by atoms with E-state index >= 15 is 0 Å². The van der Waals surface area contributed by atoms with Crippen LogP contribution in [0.4, 0.5) is 4.79 Å². The Kier molecular flexibility index (Phi) is 14.3. The number of benzene rings is 2. The fourth-order valence-electron chi connectivity index (χ4n) is 10.4. The minimum Gasteiger partial charge on any atom is -0.488 e. The molecule has 7 atom stereocenters. The van der Waals surface area contributed by atoms with Gasteiger partial charge < -0.3 is 34.1 Å². The van der Waals surface area contributed by atoms with E-state index in [1.807, 2.05) is 43.3 Å². The molecule has 11 nitrogen and oxygen atoms in total. The Labute approximate surface area is 351 Å². The summed E-state index contributed by atoms with van der Waals surface area (Å²) < 4.78 is 21.9. The second-order valence-electron chi connectivity index (χ2n) is 16.5. The molecule has 0 aromatic heterocycles. The van der Waals surface area contributed by atoms with Crippen LogP contribution in [0.15, 0.2) is 72.3 Å². The van der Waals surface area contributed by atoms with Crippen LogP contribution in [0.25, 0.3) is 5.57 Å². The number of aliphatic hydroxyl groups is 1. The molecule has 1 aliphatic heterocycles. The van der Waals surface area contributed by atoms with E-state index in [0.29, 0.717) is 13.0 Å². The molecule has 2 aromatic rings. The summed E-state index contributed by atoms with van der Waals surface area (Å²) in [6.07, 6.45) is 9.47. The molecule has 7 rings (SSSR count). The molecule has 314 valence electrons. The van der Waals surface area contributed by atoms with Gasteiger partial charge in [0.15, 0.2) is 11.8 Å². The number of alkyl halides is 1. The van der Waals surface area contributed by atoms with Crippen molar-refractivity contribution in [2.75, 3.05) is 33.3 Å². The number of ether oxygens (including phenoxy) is 4. The van der Waals surface area contributed by atoms with E-state index in [4.69, 9.17) is 35.7 Å². The maximum absolute atomic E-state index is 13.2. The minimum atomic E-state index is -1.57. The SMILES string of the molecule is CCOC(=O)O[C@]1(C(=O)OCCl)CC[C@H]2[C@@H]3CCC4=CC(=O)C=C[C@]4(C)[C@H]3[C@@H](O)C[C@@]21C.CN(C)CC/C=C1/c2ccccc2COc2ccc(CC(=O)O)cc21.Cl. The highest BCUT2D eigenvalue weighted by Gasteiger charge is 2.71. The summed E-state index contributed by atoms with van der Waals surface area (Å²) in [5.74, 6) is -0.695. The highest BCUT2D eigenvalue weighted by Crippen LogP contribution is 2.68. The molecule has 0 amide bonds. The second kappa shape index (κ2) is 18.4. The monoisotopic (exact) mass is 839 g/mol. The molecule has 3 fully saturated rings. The normalized spacial score (nSPS) is 29.6. The predicted octanol–water partition coefficient (Wildman–Crippen LogP) is 7.93. The number of carbonyl (C=O) groups is 4. The van der Waals surface area contributed by atoms with Gasteiger partial charge in [-0.2, -0.15) is 0 Å². The Hall–Kier alpha value is -4.16. The summed E-state index contributed by atoms with van der Waals surface area (Å²) in [5.41, 5.74) is 3.42. The van der Waals surface area contributed by atoms with Crippen LogP contribution in [0.5, 0.6) is 5.75 Å². The van der Waals surface area contributed by atoms with Crippen LogP contribution in [0.3, 0.4) is 0 Å². The number of aliphatic hydroxyl groups excluding tert-OH is 1. The second-order valence-corrected chi connectivity index (χ2v) is 16.7. The van der Waals surface area contributed by atoms with Gasteiger partial charge in [0.05, 0.1) is 19.1 Å². The number of nitrogens with zero attached hydrogens (tertiary/aromatic N) is 1. The fourth-order valence-corrected chi connectivity index (χ4v) is 10.5. The van der Waals surface area contributed by atoms with Crippen molar-refractivity contribution in [1.82, 2.24) is 4.90 Å². The summed E-state index contributed by atoms with van der Waals surface area (Å²) in [5, 5.41) is 20.6. The Morgan fingerprint density at radius 3 is 2.53 bits per heavy atom. The number of esters is 1. The van der Waals surface area contributed by atoms with Crippen LogP contribution in [0, 0.1) is 28.6 Å². The number of ketones is 1. The topological polar surface area (TPSA) is 149 Å². The molecular formula is C45H55Cl2NO10. The smallest absolute Gasteiger partial charge is 0.488 e. The summed E-state index contributed by atoms with van der Waals surface area (Å²) in [6.45, 7) is 7.25. The van der Waals surface area contributed by atoms with Crippen LogP contribution >= 0.6 is 24.0 Å². The summed E-state index contributed by atoms with van der Waals surface area (Å²) >= 11 is 5.70. The third-order valence-electron chi connectivity index (χ3n) is 13.0. The lowest BCUT2D eigenvalue weighted by molar-refractivity contribution is -0.199. The zero-order chi connectivity index (χ0) is 41.1.